The Kier molecular flexibility index (Phi) is 7.63. The van der Waals surface area contributed by atoms with E-state index in [-0.39, 0.29) is 17.8 Å². The molecule has 1 amide bonds. The fraction of sp³-hybridized carbons (Fsp3) is 0.300. The Morgan fingerprint density at radius 2 is 1.81 bits per heavy atom. The summed E-state index contributed by atoms with van der Waals surface area (Å²) in [4.78, 5) is 23.1. The van der Waals surface area contributed by atoms with E-state index in [1.54, 1.807) is 20.1 Å². The molecule has 2 rings (SSSR count). The van der Waals surface area contributed by atoms with Gasteiger partial charge in [0.2, 0.25) is 0 Å². The number of carbonyl (C=O) groups is 2. The van der Waals surface area contributed by atoms with Gasteiger partial charge >= 0.3 is 5.97 Å². The Morgan fingerprint density at radius 1 is 1.07 bits per heavy atom. The smallest absolute Gasteiger partial charge is 0.341 e. The van der Waals surface area contributed by atoms with Crippen molar-refractivity contribution < 1.29 is 28.9 Å². The van der Waals surface area contributed by atoms with Crippen molar-refractivity contribution in [2.45, 2.75) is 13.0 Å². The third-order valence-corrected chi connectivity index (χ3v) is 3.76. The molecule has 0 radical (unpaired) electrons. The Labute approximate surface area is 157 Å². The molecule has 144 valence electrons. The number of methoxy groups -OCH3 is 1. The van der Waals surface area contributed by atoms with Crippen LogP contribution in [0.2, 0.25) is 0 Å². The van der Waals surface area contributed by atoms with Crippen molar-refractivity contribution in [3.05, 3.63) is 59.7 Å². The SMILES string of the molecule is CCOc1cc(C(=O)NCC(OC)c2ccccc2)ccc1OCC(=O)O. The monoisotopic (exact) mass is 373 g/mol. The van der Waals surface area contributed by atoms with E-state index in [2.05, 4.69) is 5.32 Å². The lowest BCUT2D eigenvalue weighted by Gasteiger charge is -2.17. The van der Waals surface area contributed by atoms with Gasteiger partial charge in [0, 0.05) is 19.2 Å². The predicted octanol–water partition coefficient (Wildman–Crippen LogP) is 2.67. The topological polar surface area (TPSA) is 94.1 Å². The van der Waals surface area contributed by atoms with E-state index in [1.807, 2.05) is 30.3 Å². The highest BCUT2D eigenvalue weighted by Gasteiger charge is 2.15. The summed E-state index contributed by atoms with van der Waals surface area (Å²) >= 11 is 0. The Morgan fingerprint density at radius 3 is 2.44 bits per heavy atom. The zero-order valence-corrected chi connectivity index (χ0v) is 15.3. The minimum Gasteiger partial charge on any atom is -0.490 e. The number of hydrogen-bond donors (Lipinski definition) is 2. The molecule has 27 heavy (non-hydrogen) atoms. The molecule has 1 unspecified atom stereocenters. The normalized spacial score (nSPS) is 11.5. The predicted molar refractivity (Wildman–Crippen MR) is 99.3 cm³/mol. The highest BCUT2D eigenvalue weighted by Crippen LogP contribution is 2.28. The maximum absolute atomic E-state index is 12.5. The van der Waals surface area contributed by atoms with Gasteiger partial charge in [-0.3, -0.25) is 4.79 Å². The van der Waals surface area contributed by atoms with Crippen LogP contribution in [0, 0.1) is 0 Å². The van der Waals surface area contributed by atoms with E-state index in [9.17, 15) is 9.59 Å². The summed E-state index contributed by atoms with van der Waals surface area (Å²) in [6.07, 6.45) is -0.264. The number of benzene rings is 2. The Hall–Kier alpha value is -3.06. The van der Waals surface area contributed by atoms with Gasteiger partial charge in [0.15, 0.2) is 18.1 Å². The summed E-state index contributed by atoms with van der Waals surface area (Å²) < 4.78 is 16.1. The van der Waals surface area contributed by atoms with Crippen molar-refractivity contribution in [3.8, 4) is 11.5 Å². The van der Waals surface area contributed by atoms with Crippen LogP contribution in [-0.4, -0.2) is 43.9 Å². The van der Waals surface area contributed by atoms with Crippen molar-refractivity contribution in [1.82, 2.24) is 5.32 Å². The maximum atomic E-state index is 12.5. The highest BCUT2D eigenvalue weighted by molar-refractivity contribution is 5.94. The van der Waals surface area contributed by atoms with Crippen LogP contribution >= 0.6 is 0 Å². The van der Waals surface area contributed by atoms with Crippen LogP contribution in [0.25, 0.3) is 0 Å². The van der Waals surface area contributed by atoms with Crippen LogP contribution in [0.4, 0.5) is 0 Å². The fourth-order valence-electron chi connectivity index (χ4n) is 2.47. The molecule has 7 heteroatoms. The van der Waals surface area contributed by atoms with E-state index in [4.69, 9.17) is 19.3 Å². The van der Waals surface area contributed by atoms with E-state index < -0.39 is 12.6 Å². The summed E-state index contributed by atoms with van der Waals surface area (Å²) in [6, 6.07) is 14.2. The molecule has 0 aliphatic rings. The van der Waals surface area contributed by atoms with Crippen LogP contribution in [0.15, 0.2) is 48.5 Å². The number of carbonyl (C=O) groups excluding carboxylic acids is 1. The van der Waals surface area contributed by atoms with Crippen LogP contribution in [0.5, 0.6) is 11.5 Å². The lowest BCUT2D eigenvalue weighted by Crippen LogP contribution is -2.29. The van der Waals surface area contributed by atoms with Gasteiger partial charge in [-0.05, 0) is 30.7 Å². The van der Waals surface area contributed by atoms with Gasteiger partial charge in [-0.2, -0.15) is 0 Å². The average Bonchev–Trinajstić information content (AvgIpc) is 2.68. The zero-order chi connectivity index (χ0) is 19.6. The summed E-state index contributed by atoms with van der Waals surface area (Å²) in [7, 11) is 1.59. The fourth-order valence-corrected chi connectivity index (χ4v) is 2.47. The maximum Gasteiger partial charge on any atom is 0.341 e. The molecule has 0 heterocycles. The molecule has 0 spiro atoms. The number of ether oxygens (including phenoxy) is 3. The molecule has 0 aliphatic carbocycles. The largest absolute Gasteiger partial charge is 0.490 e. The summed E-state index contributed by atoms with van der Waals surface area (Å²) in [6.45, 7) is 1.96. The van der Waals surface area contributed by atoms with Crippen LogP contribution in [-0.2, 0) is 9.53 Å². The van der Waals surface area contributed by atoms with Crippen LogP contribution in [0.1, 0.15) is 28.9 Å². The quantitative estimate of drug-likeness (QED) is 0.665. The number of aliphatic carboxylic acids is 1. The number of carboxylic acids is 1. The minimum absolute atomic E-state index is 0.264. The Bertz CT molecular complexity index is 762. The van der Waals surface area contributed by atoms with Crippen molar-refractivity contribution in [1.29, 1.82) is 0 Å². The lowest BCUT2D eigenvalue weighted by atomic mass is 10.1. The molecular weight excluding hydrogens is 350 g/mol. The van der Waals surface area contributed by atoms with E-state index in [1.165, 1.54) is 12.1 Å². The van der Waals surface area contributed by atoms with Gasteiger partial charge < -0.3 is 24.6 Å². The van der Waals surface area contributed by atoms with Crippen molar-refractivity contribution in [2.24, 2.45) is 0 Å². The first kappa shape index (κ1) is 20.3. The first-order valence-corrected chi connectivity index (χ1v) is 8.52. The molecule has 0 saturated heterocycles. The van der Waals surface area contributed by atoms with Gasteiger partial charge in [0.05, 0.1) is 12.7 Å². The van der Waals surface area contributed by atoms with E-state index >= 15 is 0 Å². The third-order valence-electron chi connectivity index (χ3n) is 3.76. The zero-order valence-electron chi connectivity index (χ0n) is 15.3. The van der Waals surface area contributed by atoms with E-state index in [0.29, 0.717) is 24.5 Å². The molecule has 2 aromatic rings. The second-order valence-corrected chi connectivity index (χ2v) is 5.62. The molecule has 0 saturated carbocycles. The number of hydrogen-bond acceptors (Lipinski definition) is 5. The Balaban J connectivity index is 2.06. The molecule has 2 N–H and O–H groups in total. The van der Waals surface area contributed by atoms with Gasteiger partial charge in [-0.25, -0.2) is 4.79 Å². The summed E-state index contributed by atoms with van der Waals surface area (Å²) in [5.41, 5.74) is 1.34. The number of rotatable bonds is 10. The molecular formula is C20H23NO6. The third kappa shape index (κ3) is 6.00. The van der Waals surface area contributed by atoms with Crippen LogP contribution in [0.3, 0.4) is 0 Å². The van der Waals surface area contributed by atoms with Crippen molar-refractivity contribution in [3.63, 3.8) is 0 Å². The van der Waals surface area contributed by atoms with Crippen molar-refractivity contribution >= 4 is 11.9 Å². The van der Waals surface area contributed by atoms with Gasteiger partial charge in [0.25, 0.3) is 5.91 Å². The number of amides is 1. The second-order valence-electron chi connectivity index (χ2n) is 5.62. The molecule has 7 nitrogen and oxygen atoms in total. The standard InChI is InChI=1S/C20H23NO6/c1-3-26-17-11-15(9-10-16(17)27-13-19(22)23)20(24)21-12-18(25-2)14-7-5-4-6-8-14/h4-11,18H,3,12-13H2,1-2H3,(H,21,24)(H,22,23). The number of carboxylic acid groups (broad SMARTS) is 1. The highest BCUT2D eigenvalue weighted by atomic mass is 16.5. The second kappa shape index (κ2) is 10.2. The molecule has 0 fully saturated rings. The minimum atomic E-state index is -1.09. The molecule has 0 bridgehead atoms. The van der Waals surface area contributed by atoms with Crippen molar-refractivity contribution in [2.75, 3.05) is 26.9 Å². The van der Waals surface area contributed by atoms with Crippen LogP contribution < -0.4 is 14.8 Å². The summed E-state index contributed by atoms with van der Waals surface area (Å²) in [5.74, 6) is -0.794. The summed E-state index contributed by atoms with van der Waals surface area (Å²) in [5, 5.41) is 11.6. The van der Waals surface area contributed by atoms with Gasteiger partial charge in [-0.15, -0.1) is 0 Å². The van der Waals surface area contributed by atoms with Gasteiger partial charge in [0.1, 0.15) is 0 Å². The number of nitrogens with one attached hydrogen (secondary N) is 1. The lowest BCUT2D eigenvalue weighted by molar-refractivity contribution is -0.139. The van der Waals surface area contributed by atoms with Gasteiger partial charge in [-0.1, -0.05) is 30.3 Å². The molecule has 0 aliphatic heterocycles. The first-order chi connectivity index (χ1) is 13.0. The molecule has 1 atom stereocenters. The average molecular weight is 373 g/mol. The first-order valence-electron chi connectivity index (χ1n) is 8.52. The molecule has 0 aromatic heterocycles. The molecule has 2 aromatic carbocycles. The van der Waals surface area contributed by atoms with E-state index in [0.717, 1.165) is 5.56 Å².